The normalized spacial score (nSPS) is 17.8. The summed E-state index contributed by atoms with van der Waals surface area (Å²) in [5.74, 6) is -0.663. The second kappa shape index (κ2) is 7.63. The number of carbonyl (C=O) groups excluding carboxylic acids is 2. The molecular formula is C15H22N4O4S. The lowest BCUT2D eigenvalue weighted by Gasteiger charge is -2.24. The van der Waals surface area contributed by atoms with E-state index in [1.165, 1.54) is 25.1 Å². The third-order valence-electron chi connectivity index (χ3n) is 3.51. The summed E-state index contributed by atoms with van der Waals surface area (Å²) in [6, 6.07) is 4.44. The number of rotatable bonds is 5. The molecule has 1 aliphatic rings. The Labute approximate surface area is 141 Å². The van der Waals surface area contributed by atoms with Crippen LogP contribution in [0.25, 0.3) is 0 Å². The fourth-order valence-electron chi connectivity index (χ4n) is 2.54. The van der Waals surface area contributed by atoms with Gasteiger partial charge in [0.05, 0.1) is 17.5 Å². The SMILES string of the molecule is CC(=O)Nc1ccc(NS(C)(=O)=O)c(C(=O)NC2CCCNC2)c1. The van der Waals surface area contributed by atoms with E-state index in [1.54, 1.807) is 0 Å². The smallest absolute Gasteiger partial charge is 0.253 e. The summed E-state index contributed by atoms with van der Waals surface area (Å²) in [6.07, 6.45) is 2.84. The van der Waals surface area contributed by atoms with Gasteiger partial charge in [0.25, 0.3) is 5.91 Å². The molecule has 0 bridgehead atoms. The lowest BCUT2D eigenvalue weighted by Crippen LogP contribution is -2.45. The van der Waals surface area contributed by atoms with Gasteiger partial charge in [0.1, 0.15) is 0 Å². The first-order valence-corrected chi connectivity index (χ1v) is 9.55. The number of benzene rings is 1. The molecule has 0 radical (unpaired) electrons. The van der Waals surface area contributed by atoms with Gasteiger partial charge >= 0.3 is 0 Å². The second-order valence-corrected chi connectivity index (χ2v) is 7.58. The second-order valence-electron chi connectivity index (χ2n) is 5.83. The predicted octanol–water partition coefficient (Wildman–Crippen LogP) is 0.498. The van der Waals surface area contributed by atoms with Gasteiger partial charge in [0.15, 0.2) is 0 Å². The predicted molar refractivity (Wildman–Crippen MR) is 92.6 cm³/mol. The van der Waals surface area contributed by atoms with E-state index in [1.807, 2.05) is 0 Å². The molecule has 2 amide bonds. The lowest BCUT2D eigenvalue weighted by atomic mass is 10.1. The highest BCUT2D eigenvalue weighted by atomic mass is 32.2. The average molecular weight is 354 g/mol. The number of anilines is 2. The van der Waals surface area contributed by atoms with E-state index in [9.17, 15) is 18.0 Å². The molecule has 1 fully saturated rings. The molecule has 0 saturated carbocycles. The molecule has 0 spiro atoms. The number of carbonyl (C=O) groups is 2. The molecule has 1 saturated heterocycles. The molecule has 1 atom stereocenters. The average Bonchev–Trinajstić information content (AvgIpc) is 2.48. The van der Waals surface area contributed by atoms with E-state index < -0.39 is 10.0 Å². The van der Waals surface area contributed by atoms with Crippen LogP contribution in [0.1, 0.15) is 30.1 Å². The Bertz CT molecular complexity index is 727. The van der Waals surface area contributed by atoms with Gasteiger partial charge in [0, 0.05) is 25.2 Å². The molecule has 1 unspecified atom stereocenters. The number of hydrogen-bond acceptors (Lipinski definition) is 5. The fraction of sp³-hybridized carbons (Fsp3) is 0.467. The highest BCUT2D eigenvalue weighted by Gasteiger charge is 2.20. The Morgan fingerprint density at radius 2 is 2.04 bits per heavy atom. The van der Waals surface area contributed by atoms with Gasteiger partial charge in [-0.15, -0.1) is 0 Å². The number of nitrogens with one attached hydrogen (secondary N) is 4. The monoisotopic (exact) mass is 354 g/mol. The van der Waals surface area contributed by atoms with Gasteiger partial charge < -0.3 is 16.0 Å². The van der Waals surface area contributed by atoms with E-state index in [0.29, 0.717) is 12.2 Å². The van der Waals surface area contributed by atoms with Crippen LogP contribution in [0, 0.1) is 0 Å². The molecule has 8 nitrogen and oxygen atoms in total. The quantitative estimate of drug-likeness (QED) is 0.614. The maximum atomic E-state index is 12.6. The molecule has 2 rings (SSSR count). The van der Waals surface area contributed by atoms with Crippen LogP contribution < -0.4 is 20.7 Å². The molecule has 4 N–H and O–H groups in total. The van der Waals surface area contributed by atoms with E-state index in [2.05, 4.69) is 20.7 Å². The molecule has 1 aliphatic heterocycles. The van der Waals surface area contributed by atoms with E-state index >= 15 is 0 Å². The first-order valence-electron chi connectivity index (χ1n) is 7.65. The van der Waals surface area contributed by atoms with Crippen LogP contribution in [-0.2, 0) is 14.8 Å². The summed E-state index contributed by atoms with van der Waals surface area (Å²) in [4.78, 5) is 23.8. The van der Waals surface area contributed by atoms with Crippen LogP contribution >= 0.6 is 0 Å². The molecule has 132 valence electrons. The van der Waals surface area contributed by atoms with Crippen molar-refractivity contribution in [1.82, 2.24) is 10.6 Å². The van der Waals surface area contributed by atoms with Crippen LogP contribution in [0.15, 0.2) is 18.2 Å². The van der Waals surface area contributed by atoms with Crippen LogP contribution in [0.4, 0.5) is 11.4 Å². The summed E-state index contributed by atoms with van der Waals surface area (Å²) in [6.45, 7) is 2.95. The van der Waals surface area contributed by atoms with Gasteiger partial charge in [-0.25, -0.2) is 8.42 Å². The number of sulfonamides is 1. The van der Waals surface area contributed by atoms with Crippen molar-refractivity contribution in [1.29, 1.82) is 0 Å². The minimum atomic E-state index is -3.53. The maximum Gasteiger partial charge on any atom is 0.253 e. The van der Waals surface area contributed by atoms with Gasteiger partial charge in [-0.2, -0.15) is 0 Å². The summed E-state index contributed by atoms with van der Waals surface area (Å²) in [5, 5.41) is 8.68. The van der Waals surface area contributed by atoms with Gasteiger partial charge in [0.2, 0.25) is 15.9 Å². The molecule has 1 heterocycles. The van der Waals surface area contributed by atoms with Crippen LogP contribution in [0.3, 0.4) is 0 Å². The van der Waals surface area contributed by atoms with Crippen molar-refractivity contribution in [3.05, 3.63) is 23.8 Å². The first-order chi connectivity index (χ1) is 11.2. The van der Waals surface area contributed by atoms with Crippen molar-refractivity contribution in [3.63, 3.8) is 0 Å². The number of amides is 2. The zero-order chi connectivity index (χ0) is 17.7. The lowest BCUT2D eigenvalue weighted by molar-refractivity contribution is -0.114. The summed E-state index contributed by atoms with van der Waals surface area (Å²) >= 11 is 0. The standard InChI is InChI=1S/C15H22N4O4S/c1-10(20)17-11-5-6-14(19-24(2,22)23)13(8-11)15(21)18-12-4-3-7-16-9-12/h5-6,8,12,16,19H,3-4,7,9H2,1-2H3,(H,17,20)(H,18,21). The third kappa shape index (κ3) is 5.50. The molecule has 9 heteroatoms. The molecule has 0 aromatic heterocycles. The molecule has 0 aliphatic carbocycles. The minimum absolute atomic E-state index is 0.0123. The van der Waals surface area contributed by atoms with Crippen molar-refractivity contribution in [2.24, 2.45) is 0 Å². The molecular weight excluding hydrogens is 332 g/mol. The van der Waals surface area contributed by atoms with Crippen LogP contribution in [0.5, 0.6) is 0 Å². The summed E-state index contributed by atoms with van der Waals surface area (Å²) in [7, 11) is -3.53. The zero-order valence-corrected chi connectivity index (χ0v) is 14.5. The Morgan fingerprint density at radius 1 is 1.29 bits per heavy atom. The first kappa shape index (κ1) is 18.2. The maximum absolute atomic E-state index is 12.6. The Morgan fingerprint density at radius 3 is 2.62 bits per heavy atom. The van der Waals surface area contributed by atoms with E-state index in [-0.39, 0.29) is 29.1 Å². The number of hydrogen-bond donors (Lipinski definition) is 4. The van der Waals surface area contributed by atoms with Crippen molar-refractivity contribution < 1.29 is 18.0 Å². The topological polar surface area (TPSA) is 116 Å². The highest BCUT2D eigenvalue weighted by molar-refractivity contribution is 7.92. The zero-order valence-electron chi connectivity index (χ0n) is 13.7. The molecule has 1 aromatic rings. The van der Waals surface area contributed by atoms with Crippen molar-refractivity contribution >= 4 is 33.2 Å². The molecule has 1 aromatic carbocycles. The van der Waals surface area contributed by atoms with E-state index in [0.717, 1.165) is 25.6 Å². The number of piperidine rings is 1. The summed E-state index contributed by atoms with van der Waals surface area (Å²) in [5.41, 5.74) is 0.763. The Hall–Kier alpha value is -2.13. The van der Waals surface area contributed by atoms with E-state index in [4.69, 9.17) is 0 Å². The Kier molecular flexibility index (Phi) is 5.79. The highest BCUT2D eigenvalue weighted by Crippen LogP contribution is 2.22. The van der Waals surface area contributed by atoms with Gasteiger partial charge in [-0.1, -0.05) is 0 Å². The minimum Gasteiger partial charge on any atom is -0.348 e. The molecule has 24 heavy (non-hydrogen) atoms. The fourth-order valence-corrected chi connectivity index (χ4v) is 3.12. The van der Waals surface area contributed by atoms with Crippen LogP contribution in [0.2, 0.25) is 0 Å². The van der Waals surface area contributed by atoms with Crippen molar-refractivity contribution in [2.45, 2.75) is 25.8 Å². The van der Waals surface area contributed by atoms with Crippen LogP contribution in [-0.4, -0.2) is 45.6 Å². The largest absolute Gasteiger partial charge is 0.348 e. The van der Waals surface area contributed by atoms with Crippen molar-refractivity contribution in [2.75, 3.05) is 29.4 Å². The third-order valence-corrected chi connectivity index (χ3v) is 4.10. The van der Waals surface area contributed by atoms with Gasteiger partial charge in [-0.3, -0.25) is 14.3 Å². The van der Waals surface area contributed by atoms with Crippen molar-refractivity contribution in [3.8, 4) is 0 Å². The Balaban J connectivity index is 2.27. The summed E-state index contributed by atoms with van der Waals surface area (Å²) < 4.78 is 25.3. The van der Waals surface area contributed by atoms with Gasteiger partial charge in [-0.05, 0) is 37.6 Å².